The number of sulfone groups is 2. The standard InChI is InChI=1S/C30H30O4S2Se2/c1-23-13-17-27(18-14-23)35(31,32)21-29(25-9-5-3-6-10-25)37-38-30(26-11-7-4-8-12-26)22-36(33,34)28-19-15-24(2)16-20-28/h3-20,29-30H,21-22H2,1-2H3. The normalized spacial score (nSPS) is 13.6. The van der Waals surface area contributed by atoms with Crippen molar-refractivity contribution in [2.24, 2.45) is 0 Å². The third-order valence-electron chi connectivity index (χ3n) is 6.13. The van der Waals surface area contributed by atoms with Crippen molar-refractivity contribution >= 4 is 45.9 Å². The summed E-state index contributed by atoms with van der Waals surface area (Å²) in [6.07, 6.45) is 0. The molecule has 0 aliphatic carbocycles. The van der Waals surface area contributed by atoms with Crippen LogP contribution >= 0.6 is 0 Å². The molecular formula is C30H30O4S2Se2. The van der Waals surface area contributed by atoms with Crippen LogP contribution in [0, 0.1) is 13.8 Å². The third kappa shape index (κ3) is 7.69. The van der Waals surface area contributed by atoms with Gasteiger partial charge in [0.2, 0.25) is 0 Å². The Balaban J connectivity index is 1.61. The number of hydrogen-bond donors (Lipinski definition) is 0. The van der Waals surface area contributed by atoms with Crippen LogP contribution in [-0.4, -0.2) is 54.6 Å². The molecule has 4 rings (SSSR count). The number of benzene rings is 4. The second-order valence-electron chi connectivity index (χ2n) is 9.18. The van der Waals surface area contributed by atoms with Gasteiger partial charge in [0.05, 0.1) is 0 Å². The molecule has 2 atom stereocenters. The topological polar surface area (TPSA) is 68.3 Å². The van der Waals surface area contributed by atoms with Gasteiger partial charge in [-0.3, -0.25) is 0 Å². The predicted octanol–water partition coefficient (Wildman–Crippen LogP) is 5.36. The minimum atomic E-state index is -3.51. The van der Waals surface area contributed by atoms with Crippen LogP contribution in [0.4, 0.5) is 0 Å². The van der Waals surface area contributed by atoms with E-state index in [1.165, 1.54) is 0 Å². The van der Waals surface area contributed by atoms with E-state index in [4.69, 9.17) is 0 Å². The molecule has 0 spiro atoms. The summed E-state index contributed by atoms with van der Waals surface area (Å²) in [6.45, 7) is 3.87. The summed E-state index contributed by atoms with van der Waals surface area (Å²) in [5, 5.41) is 0. The molecule has 0 amide bonds. The summed E-state index contributed by atoms with van der Waals surface area (Å²) >= 11 is -0.231. The predicted molar refractivity (Wildman–Crippen MR) is 156 cm³/mol. The molecule has 4 aromatic rings. The molecule has 8 heteroatoms. The molecule has 0 bridgehead atoms. The van der Waals surface area contributed by atoms with Crippen LogP contribution in [0.25, 0.3) is 0 Å². The first-order valence-corrected chi connectivity index (χ1v) is 21.8. The SMILES string of the molecule is Cc1ccc(S(=O)(=O)CC([Se][Se]C(CS(=O)(=O)c2ccc(C)cc2)c2ccccc2)c2ccccc2)cc1. The number of aryl methyl sites for hydroxylation is 2. The van der Waals surface area contributed by atoms with Gasteiger partial charge in [0, 0.05) is 0 Å². The van der Waals surface area contributed by atoms with Crippen molar-refractivity contribution in [3.8, 4) is 0 Å². The monoisotopic (exact) mass is 678 g/mol. The van der Waals surface area contributed by atoms with Crippen molar-refractivity contribution in [2.75, 3.05) is 11.5 Å². The van der Waals surface area contributed by atoms with E-state index in [9.17, 15) is 16.8 Å². The van der Waals surface area contributed by atoms with Gasteiger partial charge in [-0.25, -0.2) is 0 Å². The molecule has 0 heterocycles. The summed E-state index contributed by atoms with van der Waals surface area (Å²) in [4.78, 5) is 0.300. The summed E-state index contributed by atoms with van der Waals surface area (Å²) in [6, 6.07) is 33.5. The second kappa shape index (κ2) is 12.8. The zero-order valence-electron chi connectivity index (χ0n) is 21.2. The van der Waals surface area contributed by atoms with E-state index in [1.807, 2.05) is 98.8 Å². The average molecular weight is 677 g/mol. The maximum atomic E-state index is 13.4. The molecule has 0 aliphatic heterocycles. The summed E-state index contributed by atoms with van der Waals surface area (Å²) in [7, 11) is -7.02. The molecule has 4 nitrogen and oxygen atoms in total. The Bertz CT molecular complexity index is 1420. The summed E-state index contributed by atoms with van der Waals surface area (Å²) in [5.41, 5.74) is 3.99. The van der Waals surface area contributed by atoms with Gasteiger partial charge in [-0.05, 0) is 0 Å². The summed E-state index contributed by atoms with van der Waals surface area (Å²) in [5.74, 6) is 0.0160. The van der Waals surface area contributed by atoms with Crippen molar-refractivity contribution in [3.05, 3.63) is 131 Å². The van der Waals surface area contributed by atoms with Gasteiger partial charge in [0.25, 0.3) is 0 Å². The Morgan fingerprint density at radius 3 is 1.13 bits per heavy atom. The van der Waals surface area contributed by atoms with Crippen LogP contribution in [0.3, 0.4) is 0 Å². The fourth-order valence-electron chi connectivity index (χ4n) is 3.91. The van der Waals surface area contributed by atoms with E-state index < -0.39 is 19.7 Å². The fraction of sp³-hybridized carbons (Fsp3) is 0.200. The van der Waals surface area contributed by atoms with Gasteiger partial charge in [-0.15, -0.1) is 0 Å². The fourth-order valence-corrected chi connectivity index (χ4v) is 20.3. The molecule has 38 heavy (non-hydrogen) atoms. The van der Waals surface area contributed by atoms with Gasteiger partial charge >= 0.3 is 239 Å². The van der Waals surface area contributed by atoms with Crippen LogP contribution in [0.5, 0.6) is 0 Å². The third-order valence-corrected chi connectivity index (χ3v) is 19.9. The molecule has 0 radical (unpaired) electrons. The molecule has 0 N–H and O–H groups in total. The van der Waals surface area contributed by atoms with E-state index in [0.717, 1.165) is 22.3 Å². The molecule has 198 valence electrons. The van der Waals surface area contributed by atoms with Gasteiger partial charge in [0.1, 0.15) is 0 Å². The van der Waals surface area contributed by atoms with E-state index in [1.54, 1.807) is 24.3 Å². The van der Waals surface area contributed by atoms with E-state index in [2.05, 4.69) is 0 Å². The first-order valence-electron chi connectivity index (χ1n) is 12.1. The Labute approximate surface area is 237 Å². The number of hydrogen-bond acceptors (Lipinski definition) is 4. The van der Waals surface area contributed by atoms with Gasteiger partial charge in [-0.1, -0.05) is 0 Å². The molecule has 0 aromatic heterocycles. The Hall–Kier alpha value is -2.18. The number of rotatable bonds is 11. The van der Waals surface area contributed by atoms with Crippen LogP contribution in [0.15, 0.2) is 119 Å². The summed E-state index contributed by atoms with van der Waals surface area (Å²) < 4.78 is 53.6. The molecule has 0 fully saturated rings. The first kappa shape index (κ1) is 28.8. The van der Waals surface area contributed by atoms with E-state index >= 15 is 0 Å². The van der Waals surface area contributed by atoms with Crippen molar-refractivity contribution in [2.45, 2.75) is 33.3 Å². The van der Waals surface area contributed by atoms with Crippen LogP contribution in [-0.2, 0) is 19.7 Å². The van der Waals surface area contributed by atoms with E-state index in [-0.39, 0.29) is 47.4 Å². The van der Waals surface area contributed by atoms with Crippen LogP contribution < -0.4 is 0 Å². The molecule has 0 aliphatic rings. The average Bonchev–Trinajstić information content (AvgIpc) is 2.91. The Morgan fingerprint density at radius 2 is 0.816 bits per heavy atom. The molecular weight excluding hydrogens is 646 g/mol. The van der Waals surface area contributed by atoms with E-state index in [0.29, 0.717) is 9.79 Å². The molecule has 2 unspecified atom stereocenters. The van der Waals surface area contributed by atoms with Gasteiger partial charge < -0.3 is 0 Å². The molecule has 4 aromatic carbocycles. The van der Waals surface area contributed by atoms with Crippen molar-refractivity contribution in [1.82, 2.24) is 0 Å². The minimum absolute atomic E-state index is 0.00798. The van der Waals surface area contributed by atoms with Gasteiger partial charge in [0.15, 0.2) is 0 Å². The van der Waals surface area contributed by atoms with Crippen molar-refractivity contribution < 1.29 is 16.8 Å². The molecule has 0 saturated heterocycles. The Kier molecular flexibility index (Phi) is 9.69. The molecule has 0 saturated carbocycles. The zero-order valence-corrected chi connectivity index (χ0v) is 26.3. The van der Waals surface area contributed by atoms with Crippen molar-refractivity contribution in [3.63, 3.8) is 0 Å². The van der Waals surface area contributed by atoms with Gasteiger partial charge in [-0.2, -0.15) is 0 Å². The first-order chi connectivity index (χ1) is 18.1. The Morgan fingerprint density at radius 1 is 0.500 bits per heavy atom. The maximum absolute atomic E-state index is 13.4. The van der Waals surface area contributed by atoms with Crippen LogP contribution in [0.1, 0.15) is 31.9 Å². The van der Waals surface area contributed by atoms with Crippen LogP contribution in [0.2, 0.25) is 0 Å². The zero-order chi connectivity index (χ0) is 27.2. The second-order valence-corrected chi connectivity index (χ2v) is 20.6. The quantitative estimate of drug-likeness (QED) is 0.201. The van der Waals surface area contributed by atoms with Crippen molar-refractivity contribution in [1.29, 1.82) is 0 Å².